The summed E-state index contributed by atoms with van der Waals surface area (Å²) in [5, 5.41) is 3.45. The van der Waals surface area contributed by atoms with Crippen molar-refractivity contribution in [2.45, 2.75) is 19.9 Å². The van der Waals surface area contributed by atoms with Crippen molar-refractivity contribution in [2.75, 3.05) is 51.0 Å². The van der Waals surface area contributed by atoms with Crippen LogP contribution in [0.15, 0.2) is 24.3 Å². The summed E-state index contributed by atoms with van der Waals surface area (Å²) in [6.45, 7) is 9.28. The molecule has 2 rings (SSSR count). The zero-order valence-electron chi connectivity index (χ0n) is 12.4. The first-order valence-electron chi connectivity index (χ1n) is 7.60. The average Bonchev–Trinajstić information content (AvgIpc) is 2.52. The van der Waals surface area contributed by atoms with Gasteiger partial charge in [0.25, 0.3) is 0 Å². The molecule has 112 valence electrons. The van der Waals surface area contributed by atoms with Crippen LogP contribution in [0.5, 0.6) is 0 Å². The molecule has 1 aliphatic rings. The van der Waals surface area contributed by atoms with E-state index in [0.717, 1.165) is 59.0 Å². The molecule has 1 aromatic carbocycles. The molecular formula is C16H26N2O2. The van der Waals surface area contributed by atoms with Gasteiger partial charge in [0.05, 0.1) is 13.2 Å². The number of nitrogens with zero attached hydrogens (tertiary/aromatic N) is 1. The molecule has 1 fully saturated rings. The summed E-state index contributed by atoms with van der Waals surface area (Å²) < 4.78 is 10.7. The second kappa shape index (κ2) is 8.95. The Morgan fingerprint density at radius 2 is 1.95 bits per heavy atom. The van der Waals surface area contributed by atoms with Gasteiger partial charge in [-0.1, -0.05) is 12.1 Å². The molecule has 0 radical (unpaired) electrons. The normalized spacial score (nSPS) is 15.6. The van der Waals surface area contributed by atoms with Crippen LogP contribution in [-0.4, -0.2) is 46.1 Å². The van der Waals surface area contributed by atoms with Crippen LogP contribution in [-0.2, 0) is 16.0 Å². The Bertz CT molecular complexity index is 361. The van der Waals surface area contributed by atoms with Crippen LogP contribution in [0.4, 0.5) is 5.69 Å². The Kier molecular flexibility index (Phi) is 6.84. The molecule has 4 heteroatoms. The Morgan fingerprint density at radius 1 is 1.20 bits per heavy atom. The summed E-state index contributed by atoms with van der Waals surface area (Å²) in [7, 11) is 0. The third-order valence-electron chi connectivity index (χ3n) is 3.49. The Balaban J connectivity index is 1.68. The van der Waals surface area contributed by atoms with Crippen molar-refractivity contribution in [3.63, 3.8) is 0 Å². The number of ether oxygens (including phenoxy) is 2. The lowest BCUT2D eigenvalue weighted by molar-refractivity contribution is 0.122. The van der Waals surface area contributed by atoms with Crippen molar-refractivity contribution >= 4 is 5.69 Å². The first kappa shape index (κ1) is 15.3. The third kappa shape index (κ3) is 5.12. The first-order chi connectivity index (χ1) is 9.90. The van der Waals surface area contributed by atoms with E-state index in [2.05, 4.69) is 34.5 Å². The van der Waals surface area contributed by atoms with Gasteiger partial charge < -0.3 is 19.7 Å². The van der Waals surface area contributed by atoms with Crippen LogP contribution in [0.3, 0.4) is 0 Å². The Labute approximate surface area is 122 Å². The smallest absolute Gasteiger partial charge is 0.0642 e. The standard InChI is InChI=1S/C16H26N2O2/c1-2-19-11-3-8-17-14-15-4-6-16(7-5-15)18-9-12-20-13-10-18/h4-7,17H,2-3,8-14H2,1H3. The summed E-state index contributed by atoms with van der Waals surface area (Å²) in [6, 6.07) is 8.84. The highest BCUT2D eigenvalue weighted by atomic mass is 16.5. The first-order valence-corrected chi connectivity index (χ1v) is 7.60. The topological polar surface area (TPSA) is 33.7 Å². The average molecular weight is 278 g/mol. The van der Waals surface area contributed by atoms with Crippen molar-refractivity contribution < 1.29 is 9.47 Å². The summed E-state index contributed by atoms with van der Waals surface area (Å²) in [5.41, 5.74) is 2.63. The van der Waals surface area contributed by atoms with E-state index in [9.17, 15) is 0 Å². The van der Waals surface area contributed by atoms with Crippen LogP contribution in [0, 0.1) is 0 Å². The molecule has 0 spiro atoms. The molecule has 1 N–H and O–H groups in total. The van der Waals surface area contributed by atoms with Crippen molar-refractivity contribution in [1.82, 2.24) is 5.32 Å². The van der Waals surface area contributed by atoms with Gasteiger partial charge in [0.15, 0.2) is 0 Å². The van der Waals surface area contributed by atoms with Gasteiger partial charge in [0.1, 0.15) is 0 Å². The van der Waals surface area contributed by atoms with Gasteiger partial charge in [-0.3, -0.25) is 0 Å². The fourth-order valence-corrected chi connectivity index (χ4v) is 2.32. The van der Waals surface area contributed by atoms with Crippen molar-refractivity contribution in [3.8, 4) is 0 Å². The molecule has 1 saturated heterocycles. The number of hydrogen-bond acceptors (Lipinski definition) is 4. The molecule has 1 aromatic rings. The SMILES string of the molecule is CCOCCCNCc1ccc(N2CCOCC2)cc1. The van der Waals surface area contributed by atoms with Crippen LogP contribution in [0.1, 0.15) is 18.9 Å². The lowest BCUT2D eigenvalue weighted by atomic mass is 10.2. The minimum absolute atomic E-state index is 0.809. The van der Waals surface area contributed by atoms with Gasteiger partial charge in [-0.15, -0.1) is 0 Å². The van der Waals surface area contributed by atoms with E-state index >= 15 is 0 Å². The largest absolute Gasteiger partial charge is 0.382 e. The van der Waals surface area contributed by atoms with E-state index in [0.29, 0.717) is 0 Å². The van der Waals surface area contributed by atoms with E-state index in [1.807, 2.05) is 6.92 Å². The second-order valence-corrected chi connectivity index (χ2v) is 4.99. The summed E-state index contributed by atoms with van der Waals surface area (Å²) in [6.07, 6.45) is 1.07. The van der Waals surface area contributed by atoms with Gasteiger partial charge >= 0.3 is 0 Å². The van der Waals surface area contributed by atoms with Crippen molar-refractivity contribution in [3.05, 3.63) is 29.8 Å². The quantitative estimate of drug-likeness (QED) is 0.738. The molecule has 20 heavy (non-hydrogen) atoms. The predicted molar refractivity (Wildman–Crippen MR) is 82.3 cm³/mol. The van der Waals surface area contributed by atoms with Gasteiger partial charge in [0, 0.05) is 38.5 Å². The molecule has 0 amide bonds. The maximum Gasteiger partial charge on any atom is 0.0642 e. The number of benzene rings is 1. The van der Waals surface area contributed by atoms with Crippen LogP contribution >= 0.6 is 0 Å². The van der Waals surface area contributed by atoms with Crippen LogP contribution in [0.2, 0.25) is 0 Å². The molecule has 0 aliphatic carbocycles. The van der Waals surface area contributed by atoms with Gasteiger partial charge in [-0.25, -0.2) is 0 Å². The van der Waals surface area contributed by atoms with E-state index in [1.54, 1.807) is 0 Å². The number of rotatable bonds is 8. The van der Waals surface area contributed by atoms with Crippen LogP contribution in [0.25, 0.3) is 0 Å². The maximum atomic E-state index is 5.38. The molecule has 0 bridgehead atoms. The second-order valence-electron chi connectivity index (χ2n) is 4.99. The summed E-state index contributed by atoms with van der Waals surface area (Å²) >= 11 is 0. The highest BCUT2D eigenvalue weighted by Crippen LogP contribution is 2.16. The fraction of sp³-hybridized carbons (Fsp3) is 0.625. The molecule has 0 saturated carbocycles. The number of anilines is 1. The Hall–Kier alpha value is -1.10. The van der Waals surface area contributed by atoms with Gasteiger partial charge in [-0.2, -0.15) is 0 Å². The molecular weight excluding hydrogens is 252 g/mol. The summed E-state index contributed by atoms with van der Waals surface area (Å²) in [5.74, 6) is 0. The highest BCUT2D eigenvalue weighted by molar-refractivity contribution is 5.47. The highest BCUT2D eigenvalue weighted by Gasteiger charge is 2.10. The predicted octanol–water partition coefficient (Wildman–Crippen LogP) is 2.04. The molecule has 0 atom stereocenters. The van der Waals surface area contributed by atoms with E-state index in [-0.39, 0.29) is 0 Å². The minimum atomic E-state index is 0.809. The number of hydrogen-bond donors (Lipinski definition) is 1. The maximum absolute atomic E-state index is 5.38. The molecule has 1 aliphatic heterocycles. The number of morpholine rings is 1. The number of nitrogens with one attached hydrogen (secondary N) is 1. The molecule has 0 aromatic heterocycles. The zero-order valence-corrected chi connectivity index (χ0v) is 12.4. The lowest BCUT2D eigenvalue weighted by Gasteiger charge is -2.28. The molecule has 0 unspecified atom stereocenters. The lowest BCUT2D eigenvalue weighted by Crippen LogP contribution is -2.36. The van der Waals surface area contributed by atoms with Gasteiger partial charge in [-0.05, 0) is 37.6 Å². The minimum Gasteiger partial charge on any atom is -0.382 e. The Morgan fingerprint density at radius 3 is 2.65 bits per heavy atom. The van der Waals surface area contributed by atoms with E-state index < -0.39 is 0 Å². The van der Waals surface area contributed by atoms with E-state index in [4.69, 9.17) is 9.47 Å². The molecule has 1 heterocycles. The third-order valence-corrected chi connectivity index (χ3v) is 3.49. The fourth-order valence-electron chi connectivity index (χ4n) is 2.32. The van der Waals surface area contributed by atoms with Gasteiger partial charge in [0.2, 0.25) is 0 Å². The zero-order chi connectivity index (χ0) is 14.0. The van der Waals surface area contributed by atoms with Crippen LogP contribution < -0.4 is 10.2 Å². The summed E-state index contributed by atoms with van der Waals surface area (Å²) in [4.78, 5) is 2.38. The monoisotopic (exact) mass is 278 g/mol. The van der Waals surface area contributed by atoms with Crippen molar-refractivity contribution in [1.29, 1.82) is 0 Å². The van der Waals surface area contributed by atoms with E-state index in [1.165, 1.54) is 11.3 Å². The molecule has 4 nitrogen and oxygen atoms in total. The van der Waals surface area contributed by atoms with Crippen molar-refractivity contribution in [2.24, 2.45) is 0 Å².